The van der Waals surface area contributed by atoms with Gasteiger partial charge in [-0.05, 0) is 12.1 Å². The second kappa shape index (κ2) is 5.37. The van der Waals surface area contributed by atoms with Crippen LogP contribution in [0.25, 0.3) is 10.9 Å². The Labute approximate surface area is 107 Å². The lowest BCUT2D eigenvalue weighted by molar-refractivity contribution is 0.102. The molecule has 0 atom stereocenters. The summed E-state index contributed by atoms with van der Waals surface area (Å²) in [4.78, 5) is 15.6. The number of nitrogens with zero attached hydrogens (tertiary/aromatic N) is 1. The van der Waals surface area contributed by atoms with Gasteiger partial charge in [0.05, 0.1) is 10.8 Å². The van der Waals surface area contributed by atoms with Gasteiger partial charge in [0.15, 0.2) is 5.78 Å². The largest absolute Gasteiger partial charge is 0.293 e. The molecule has 0 saturated heterocycles. The monoisotopic (exact) mass is 329 g/mol. The molecule has 4 heteroatoms. The third-order valence-electron chi connectivity index (χ3n) is 2.03. The molecule has 1 heterocycles. The van der Waals surface area contributed by atoms with E-state index >= 15 is 0 Å². The third kappa shape index (κ3) is 2.63. The Kier molecular flexibility index (Phi) is 4.42. The Hall–Kier alpha value is -0.740. The molecular weight excluding hydrogens is 322 g/mol. The van der Waals surface area contributed by atoms with Gasteiger partial charge >= 0.3 is 0 Å². The van der Waals surface area contributed by atoms with Crippen molar-refractivity contribution >= 4 is 49.6 Å². The molecule has 0 bridgehead atoms. The molecule has 0 amide bonds. The maximum atomic E-state index is 11.4. The molecule has 0 aliphatic carbocycles. The standard InChI is InChI=1S/C11H8BrNO.BrH/c12-6-11(14)9-5-8-3-1-2-4-10(8)13-7-9;/h1-5,7H,6H2;1H. The molecule has 1 aromatic carbocycles. The van der Waals surface area contributed by atoms with Gasteiger partial charge < -0.3 is 0 Å². The van der Waals surface area contributed by atoms with Crippen LogP contribution >= 0.6 is 32.9 Å². The van der Waals surface area contributed by atoms with Gasteiger partial charge in [0, 0.05) is 17.1 Å². The topological polar surface area (TPSA) is 30.0 Å². The number of carbonyl (C=O) groups excluding carboxylic acids is 1. The summed E-state index contributed by atoms with van der Waals surface area (Å²) in [5, 5.41) is 1.34. The zero-order valence-electron chi connectivity index (χ0n) is 7.81. The minimum Gasteiger partial charge on any atom is -0.293 e. The van der Waals surface area contributed by atoms with Gasteiger partial charge in [-0.15, -0.1) is 17.0 Å². The van der Waals surface area contributed by atoms with Gasteiger partial charge in [0.25, 0.3) is 0 Å². The first-order valence-corrected chi connectivity index (χ1v) is 5.37. The number of hydrogen-bond donors (Lipinski definition) is 0. The van der Waals surface area contributed by atoms with E-state index < -0.39 is 0 Å². The highest BCUT2D eigenvalue weighted by Gasteiger charge is 2.04. The van der Waals surface area contributed by atoms with Crippen LogP contribution in [0.3, 0.4) is 0 Å². The molecule has 2 nitrogen and oxygen atoms in total. The predicted octanol–water partition coefficient (Wildman–Crippen LogP) is 3.39. The Morgan fingerprint density at radius 3 is 2.80 bits per heavy atom. The molecule has 0 unspecified atom stereocenters. The number of aromatic nitrogens is 1. The number of alkyl halides is 1. The summed E-state index contributed by atoms with van der Waals surface area (Å²) in [7, 11) is 0. The first kappa shape index (κ1) is 12.3. The second-order valence-electron chi connectivity index (χ2n) is 2.97. The average molecular weight is 331 g/mol. The summed E-state index contributed by atoms with van der Waals surface area (Å²) in [5.74, 6) is 0.0586. The summed E-state index contributed by atoms with van der Waals surface area (Å²) in [6.07, 6.45) is 1.62. The highest BCUT2D eigenvalue weighted by atomic mass is 79.9. The maximum Gasteiger partial charge on any atom is 0.174 e. The first-order chi connectivity index (χ1) is 6.81. The van der Waals surface area contributed by atoms with Crippen molar-refractivity contribution in [2.75, 3.05) is 5.33 Å². The van der Waals surface area contributed by atoms with Crippen LogP contribution in [0.1, 0.15) is 10.4 Å². The number of rotatable bonds is 2. The molecule has 78 valence electrons. The molecule has 0 aliphatic rings. The lowest BCUT2D eigenvalue weighted by atomic mass is 10.1. The van der Waals surface area contributed by atoms with Crippen molar-refractivity contribution in [1.29, 1.82) is 0 Å². The van der Waals surface area contributed by atoms with Gasteiger partial charge in [0.1, 0.15) is 0 Å². The number of benzene rings is 1. The number of Topliss-reactive ketones (excluding diaryl/α,β-unsaturated/α-hetero) is 1. The van der Waals surface area contributed by atoms with Gasteiger partial charge in [-0.3, -0.25) is 9.78 Å². The molecule has 0 N–H and O–H groups in total. The minimum absolute atomic E-state index is 0. The lowest BCUT2D eigenvalue weighted by Gasteiger charge is -1.99. The van der Waals surface area contributed by atoms with E-state index in [4.69, 9.17) is 0 Å². The van der Waals surface area contributed by atoms with Crippen molar-refractivity contribution in [1.82, 2.24) is 4.98 Å². The fourth-order valence-electron chi connectivity index (χ4n) is 1.30. The highest BCUT2D eigenvalue weighted by Crippen LogP contribution is 2.13. The van der Waals surface area contributed by atoms with Crippen molar-refractivity contribution in [3.63, 3.8) is 0 Å². The fraction of sp³-hybridized carbons (Fsp3) is 0.0909. The van der Waals surface area contributed by atoms with Crippen molar-refractivity contribution in [3.05, 3.63) is 42.1 Å². The molecule has 0 aliphatic heterocycles. The zero-order chi connectivity index (χ0) is 9.97. The summed E-state index contributed by atoms with van der Waals surface area (Å²) < 4.78 is 0. The molecule has 0 saturated carbocycles. The summed E-state index contributed by atoms with van der Waals surface area (Å²) in [6.45, 7) is 0. The van der Waals surface area contributed by atoms with Gasteiger partial charge in [-0.25, -0.2) is 0 Å². The number of ketones is 1. The number of fused-ring (bicyclic) bond motifs is 1. The van der Waals surface area contributed by atoms with E-state index in [1.54, 1.807) is 6.20 Å². The number of para-hydroxylation sites is 1. The first-order valence-electron chi connectivity index (χ1n) is 4.25. The van der Waals surface area contributed by atoms with Crippen LogP contribution in [-0.4, -0.2) is 16.1 Å². The molecule has 0 spiro atoms. The van der Waals surface area contributed by atoms with Gasteiger partial charge in [0.2, 0.25) is 0 Å². The zero-order valence-corrected chi connectivity index (χ0v) is 11.1. The minimum atomic E-state index is 0. The summed E-state index contributed by atoms with van der Waals surface area (Å²) >= 11 is 3.14. The number of pyridine rings is 1. The normalized spacial score (nSPS) is 9.67. The molecule has 1 aromatic heterocycles. The van der Waals surface area contributed by atoms with Crippen molar-refractivity contribution in [3.8, 4) is 0 Å². The van der Waals surface area contributed by atoms with Crippen LogP contribution < -0.4 is 0 Å². The Bertz CT molecular complexity index is 485. The average Bonchev–Trinajstić information content (AvgIpc) is 2.27. The summed E-state index contributed by atoms with van der Waals surface area (Å²) in [6, 6.07) is 9.62. The van der Waals surface area contributed by atoms with Crippen LogP contribution in [0, 0.1) is 0 Å². The number of carbonyl (C=O) groups is 1. The van der Waals surface area contributed by atoms with E-state index in [1.807, 2.05) is 30.3 Å². The smallest absolute Gasteiger partial charge is 0.174 e. The van der Waals surface area contributed by atoms with E-state index in [-0.39, 0.29) is 22.8 Å². The Balaban J connectivity index is 0.00000112. The van der Waals surface area contributed by atoms with Crippen LogP contribution in [-0.2, 0) is 0 Å². The number of hydrogen-bond acceptors (Lipinski definition) is 2. The van der Waals surface area contributed by atoms with E-state index in [2.05, 4.69) is 20.9 Å². The van der Waals surface area contributed by atoms with Crippen molar-refractivity contribution in [2.24, 2.45) is 0 Å². The Morgan fingerprint density at radius 1 is 1.33 bits per heavy atom. The maximum absolute atomic E-state index is 11.4. The van der Waals surface area contributed by atoms with Gasteiger partial charge in [-0.1, -0.05) is 34.1 Å². The van der Waals surface area contributed by atoms with Crippen molar-refractivity contribution < 1.29 is 4.79 Å². The second-order valence-corrected chi connectivity index (χ2v) is 3.53. The quantitative estimate of drug-likeness (QED) is 0.624. The highest BCUT2D eigenvalue weighted by molar-refractivity contribution is 9.09. The van der Waals surface area contributed by atoms with E-state index in [9.17, 15) is 4.79 Å². The molecule has 15 heavy (non-hydrogen) atoms. The summed E-state index contributed by atoms with van der Waals surface area (Å²) in [5.41, 5.74) is 1.57. The van der Waals surface area contributed by atoms with E-state index in [1.165, 1.54) is 0 Å². The predicted molar refractivity (Wildman–Crippen MR) is 70.2 cm³/mol. The van der Waals surface area contributed by atoms with Crippen molar-refractivity contribution in [2.45, 2.75) is 0 Å². The van der Waals surface area contributed by atoms with E-state index in [0.29, 0.717) is 10.9 Å². The van der Waals surface area contributed by atoms with Crippen LogP contribution in [0.15, 0.2) is 36.5 Å². The SMILES string of the molecule is Br.O=C(CBr)c1cnc2ccccc2c1. The molecule has 2 aromatic rings. The number of halogens is 2. The lowest BCUT2D eigenvalue weighted by Crippen LogP contribution is -2.00. The molecule has 0 fully saturated rings. The Morgan fingerprint density at radius 2 is 2.07 bits per heavy atom. The fourth-order valence-corrected chi connectivity index (χ4v) is 1.62. The van der Waals surface area contributed by atoms with Crippen LogP contribution in [0.5, 0.6) is 0 Å². The molecule has 0 radical (unpaired) electrons. The molecule has 2 rings (SSSR count). The third-order valence-corrected chi connectivity index (χ3v) is 2.54. The molecular formula is C11H9Br2NO. The van der Waals surface area contributed by atoms with Crippen LogP contribution in [0.4, 0.5) is 0 Å². The van der Waals surface area contributed by atoms with Gasteiger partial charge in [-0.2, -0.15) is 0 Å². The van der Waals surface area contributed by atoms with E-state index in [0.717, 1.165) is 10.9 Å². The van der Waals surface area contributed by atoms with Crippen LogP contribution in [0.2, 0.25) is 0 Å².